The molecule has 3 heterocycles. The molecule has 2 aliphatic heterocycles. The van der Waals surface area contributed by atoms with Gasteiger partial charge in [-0.25, -0.2) is 0 Å². The summed E-state index contributed by atoms with van der Waals surface area (Å²) in [5, 5.41) is 17.3. The minimum Gasteiger partial charge on any atom is -0.606 e. The van der Waals surface area contributed by atoms with E-state index in [2.05, 4.69) is 68.5 Å². The lowest BCUT2D eigenvalue weighted by Crippen LogP contribution is -2.53. The number of piperidine rings is 1. The van der Waals surface area contributed by atoms with Gasteiger partial charge in [0, 0.05) is 42.4 Å². The van der Waals surface area contributed by atoms with Gasteiger partial charge in [-0.15, -0.1) is 0 Å². The van der Waals surface area contributed by atoms with Crippen molar-refractivity contribution in [2.24, 2.45) is 17.8 Å². The fraction of sp³-hybridized carbons (Fsp3) is 0.484. The lowest BCUT2D eigenvalue weighted by molar-refractivity contribution is 0.103. The van der Waals surface area contributed by atoms with Crippen molar-refractivity contribution in [3.05, 3.63) is 72.6 Å². The van der Waals surface area contributed by atoms with E-state index in [4.69, 9.17) is 0 Å². The van der Waals surface area contributed by atoms with Crippen molar-refractivity contribution in [3.8, 4) is 6.07 Å². The predicted molar refractivity (Wildman–Crippen MR) is 150 cm³/mol. The summed E-state index contributed by atoms with van der Waals surface area (Å²) in [6.07, 6.45) is 10.5. The van der Waals surface area contributed by atoms with Crippen molar-refractivity contribution in [2.45, 2.75) is 53.7 Å². The van der Waals surface area contributed by atoms with Gasteiger partial charge in [0.15, 0.2) is 9.79 Å². The highest BCUT2D eigenvalue weighted by molar-refractivity contribution is 7.91. The Morgan fingerprint density at radius 1 is 0.947 bits per heavy atom. The fourth-order valence-electron chi connectivity index (χ4n) is 7.24. The highest BCUT2D eigenvalue weighted by Crippen LogP contribution is 2.50. The lowest BCUT2D eigenvalue weighted by atomic mass is 9.60. The van der Waals surface area contributed by atoms with Gasteiger partial charge >= 0.3 is 0 Å². The number of nitriles is 1. The molecule has 198 valence electrons. The Morgan fingerprint density at radius 2 is 1.63 bits per heavy atom. The van der Waals surface area contributed by atoms with E-state index in [0.29, 0.717) is 22.6 Å². The van der Waals surface area contributed by atoms with E-state index < -0.39 is 11.2 Å². The third kappa shape index (κ3) is 4.86. The SMILES string of the molecule is N#C[C@](c1ccccc1)(C1CCCC1)C1CCN(CC2CN(c3ccc([S+]([O-])c4cn[nH]c4)cc3)C2)CC1. The highest BCUT2D eigenvalue weighted by Gasteiger charge is 2.48. The van der Waals surface area contributed by atoms with Crippen LogP contribution in [0.15, 0.2) is 76.8 Å². The minimum absolute atomic E-state index is 0.329. The molecule has 3 aliphatic rings. The van der Waals surface area contributed by atoms with Crippen molar-refractivity contribution >= 4 is 16.9 Å². The third-order valence-corrected chi connectivity index (χ3v) is 10.6. The summed E-state index contributed by atoms with van der Waals surface area (Å²) in [4.78, 5) is 6.55. The summed E-state index contributed by atoms with van der Waals surface area (Å²) in [6.45, 7) is 5.47. The topological polar surface area (TPSA) is 82.0 Å². The number of nitrogens with zero attached hydrogens (tertiary/aromatic N) is 4. The summed E-state index contributed by atoms with van der Waals surface area (Å²) in [5.74, 6) is 1.62. The van der Waals surface area contributed by atoms with Crippen LogP contribution in [-0.4, -0.2) is 52.4 Å². The van der Waals surface area contributed by atoms with Gasteiger partial charge in [-0.05, 0) is 80.4 Å². The zero-order chi connectivity index (χ0) is 26.0. The maximum Gasteiger partial charge on any atom is 0.196 e. The van der Waals surface area contributed by atoms with Gasteiger partial charge in [0.2, 0.25) is 0 Å². The summed E-state index contributed by atoms with van der Waals surface area (Å²) in [7, 11) is 0. The lowest BCUT2D eigenvalue weighted by Gasteiger charge is -2.47. The minimum atomic E-state index is -1.20. The second-order valence-electron chi connectivity index (χ2n) is 11.4. The molecule has 38 heavy (non-hydrogen) atoms. The van der Waals surface area contributed by atoms with E-state index in [1.54, 1.807) is 12.4 Å². The number of aromatic nitrogens is 2. The Labute approximate surface area is 229 Å². The fourth-order valence-corrected chi connectivity index (χ4v) is 8.20. The number of rotatable bonds is 8. The van der Waals surface area contributed by atoms with Crippen LogP contribution in [0.25, 0.3) is 0 Å². The number of likely N-dealkylation sites (tertiary alicyclic amines) is 1. The quantitative estimate of drug-likeness (QED) is 0.398. The van der Waals surface area contributed by atoms with E-state index in [1.807, 2.05) is 12.1 Å². The number of hydrogen-bond acceptors (Lipinski definition) is 5. The maximum atomic E-state index is 12.6. The molecule has 1 aliphatic carbocycles. The van der Waals surface area contributed by atoms with Gasteiger partial charge < -0.3 is 14.4 Å². The molecule has 0 amide bonds. The molecule has 2 atom stereocenters. The van der Waals surface area contributed by atoms with E-state index in [9.17, 15) is 9.81 Å². The molecule has 2 saturated heterocycles. The van der Waals surface area contributed by atoms with Crippen LogP contribution in [-0.2, 0) is 16.6 Å². The Bertz CT molecular complexity index is 1210. The maximum absolute atomic E-state index is 12.6. The Morgan fingerprint density at radius 3 is 2.26 bits per heavy atom. The molecule has 2 aromatic carbocycles. The highest BCUT2D eigenvalue weighted by atomic mass is 32.2. The molecule has 1 aromatic heterocycles. The van der Waals surface area contributed by atoms with Crippen LogP contribution in [0.4, 0.5) is 5.69 Å². The second kappa shape index (κ2) is 11.1. The molecule has 7 heteroatoms. The molecule has 0 radical (unpaired) electrons. The molecular formula is C31H37N5OS. The van der Waals surface area contributed by atoms with E-state index in [-0.39, 0.29) is 5.41 Å². The van der Waals surface area contributed by atoms with Crippen molar-refractivity contribution in [1.82, 2.24) is 15.1 Å². The first kappa shape index (κ1) is 25.5. The van der Waals surface area contributed by atoms with Gasteiger partial charge in [-0.1, -0.05) is 43.2 Å². The summed E-state index contributed by atoms with van der Waals surface area (Å²) in [5.41, 5.74) is 2.12. The van der Waals surface area contributed by atoms with Crippen LogP contribution in [0, 0.1) is 29.1 Å². The first-order valence-corrected chi connectivity index (χ1v) is 15.3. The number of benzene rings is 2. The zero-order valence-corrected chi connectivity index (χ0v) is 22.8. The van der Waals surface area contributed by atoms with E-state index >= 15 is 0 Å². The zero-order valence-electron chi connectivity index (χ0n) is 22.0. The van der Waals surface area contributed by atoms with Crippen LogP contribution in [0.3, 0.4) is 0 Å². The molecule has 1 saturated carbocycles. The summed E-state index contributed by atoms with van der Waals surface area (Å²) >= 11 is -1.20. The van der Waals surface area contributed by atoms with Crippen LogP contribution in [0.2, 0.25) is 0 Å². The number of anilines is 1. The van der Waals surface area contributed by atoms with Gasteiger partial charge in [-0.3, -0.25) is 5.10 Å². The van der Waals surface area contributed by atoms with Crippen LogP contribution < -0.4 is 4.90 Å². The number of H-pyrrole nitrogens is 1. The van der Waals surface area contributed by atoms with Gasteiger partial charge in [-0.2, -0.15) is 10.4 Å². The average Bonchev–Trinajstić information content (AvgIpc) is 3.68. The second-order valence-corrected chi connectivity index (χ2v) is 12.9. The van der Waals surface area contributed by atoms with E-state index in [1.165, 1.54) is 36.9 Å². The number of nitrogens with one attached hydrogen (secondary N) is 1. The Balaban J connectivity index is 1.02. The van der Waals surface area contributed by atoms with Crippen LogP contribution in [0.1, 0.15) is 44.1 Å². The Hall–Kier alpha value is -2.79. The smallest absolute Gasteiger partial charge is 0.196 e. The Kier molecular flexibility index (Phi) is 7.47. The average molecular weight is 528 g/mol. The third-order valence-electron chi connectivity index (χ3n) is 9.24. The van der Waals surface area contributed by atoms with Crippen molar-refractivity contribution in [2.75, 3.05) is 37.6 Å². The first-order chi connectivity index (χ1) is 18.7. The molecule has 6 nitrogen and oxygen atoms in total. The van der Waals surface area contributed by atoms with Crippen LogP contribution in [0.5, 0.6) is 0 Å². The predicted octanol–water partition coefficient (Wildman–Crippen LogP) is 5.38. The van der Waals surface area contributed by atoms with Gasteiger partial charge in [0.05, 0.1) is 17.7 Å². The molecule has 3 fully saturated rings. The van der Waals surface area contributed by atoms with Gasteiger partial charge in [0.1, 0.15) is 6.20 Å². The molecule has 6 rings (SSSR count). The molecule has 0 bridgehead atoms. The monoisotopic (exact) mass is 527 g/mol. The van der Waals surface area contributed by atoms with Crippen molar-refractivity contribution in [3.63, 3.8) is 0 Å². The van der Waals surface area contributed by atoms with Crippen LogP contribution >= 0.6 is 0 Å². The number of aromatic amines is 1. The number of hydrogen-bond donors (Lipinski definition) is 1. The molecule has 1 unspecified atom stereocenters. The molecule has 1 N–H and O–H groups in total. The normalized spacial score (nSPS) is 22.1. The molecule has 0 spiro atoms. The standard InChI is InChI=1S/C31H37N5OS/c32-23-31(26-8-4-5-9-26,25-6-2-1-3-7-25)27-14-16-35(17-15-27)20-24-21-36(22-24)28-10-12-29(13-11-28)38(37)30-18-33-34-19-30/h1-3,6-7,10-13,18-19,24,26-27H,4-5,8-9,14-17,20-22H2,(H,33,34)/t31-,38?/m0/s1. The largest absolute Gasteiger partial charge is 0.606 e. The molecule has 3 aromatic rings. The summed E-state index contributed by atoms with van der Waals surface area (Å²) in [6, 6.07) is 21.7. The van der Waals surface area contributed by atoms with Crippen molar-refractivity contribution < 1.29 is 4.55 Å². The molecular weight excluding hydrogens is 490 g/mol. The van der Waals surface area contributed by atoms with E-state index in [0.717, 1.165) is 50.5 Å². The van der Waals surface area contributed by atoms with Gasteiger partial charge in [0.25, 0.3) is 0 Å². The summed E-state index contributed by atoms with van der Waals surface area (Å²) < 4.78 is 12.6. The van der Waals surface area contributed by atoms with Crippen molar-refractivity contribution in [1.29, 1.82) is 5.26 Å². The first-order valence-electron chi connectivity index (χ1n) is 14.1.